The summed E-state index contributed by atoms with van der Waals surface area (Å²) in [5.41, 5.74) is 0.565. The van der Waals surface area contributed by atoms with Crippen LogP contribution in [0.1, 0.15) is 91.4 Å². The standard InChI is InChI=1S/C32H55NO10S/c1-18(5-4-14-33-15-16-44(39,40)41)22-8-9-23-21-7-6-19-17-20(10-12-31(19,2)24(21)11-13-32(22,23)3)42-30-27(36)25(34)26(35)28(43-30)29(37)38/h18-28,30,33-36H,4-17H2,1-3H3,(H,37,38)(H,39,40,41)/t18-,19-,20-,21+,22-,23+,24+,25+,26+,27-,28+,30-,31+,32-/m1/s1. The summed E-state index contributed by atoms with van der Waals surface area (Å²) in [6.45, 7) is 8.46. The van der Waals surface area contributed by atoms with E-state index in [1.54, 1.807) is 0 Å². The number of aliphatic hydroxyl groups excluding tert-OH is 3. The molecule has 4 aliphatic carbocycles. The van der Waals surface area contributed by atoms with Crippen LogP contribution < -0.4 is 5.32 Å². The van der Waals surface area contributed by atoms with Crippen LogP contribution in [-0.2, 0) is 24.4 Å². The number of aliphatic hydroxyl groups is 3. The van der Waals surface area contributed by atoms with Crippen molar-refractivity contribution >= 4 is 16.1 Å². The summed E-state index contributed by atoms with van der Waals surface area (Å²) in [6.07, 6.45) is 4.12. The first-order valence-electron chi connectivity index (χ1n) is 16.9. The second kappa shape index (κ2) is 13.3. The van der Waals surface area contributed by atoms with Crippen LogP contribution in [0.25, 0.3) is 0 Å². The molecule has 1 aliphatic heterocycles. The summed E-state index contributed by atoms with van der Waals surface area (Å²) < 4.78 is 42.3. The Morgan fingerprint density at radius 3 is 2.36 bits per heavy atom. The van der Waals surface area contributed by atoms with Crippen molar-refractivity contribution < 1.29 is 47.7 Å². The van der Waals surface area contributed by atoms with Crippen LogP contribution in [0, 0.1) is 46.3 Å². The molecule has 12 heteroatoms. The molecule has 11 nitrogen and oxygen atoms in total. The maximum absolute atomic E-state index is 11.5. The van der Waals surface area contributed by atoms with E-state index in [0.29, 0.717) is 29.1 Å². The number of hydrogen-bond acceptors (Lipinski definition) is 9. The molecule has 0 unspecified atom stereocenters. The van der Waals surface area contributed by atoms with Gasteiger partial charge in [0.25, 0.3) is 10.1 Å². The van der Waals surface area contributed by atoms with Gasteiger partial charge in [-0.1, -0.05) is 20.8 Å². The number of nitrogens with one attached hydrogen (secondary N) is 1. The smallest absolute Gasteiger partial charge is 0.335 e. The van der Waals surface area contributed by atoms with E-state index >= 15 is 0 Å². The Kier molecular flexibility index (Phi) is 10.4. The monoisotopic (exact) mass is 645 g/mol. The second-order valence-corrected chi connectivity index (χ2v) is 16.9. The molecule has 1 heterocycles. The van der Waals surface area contributed by atoms with Gasteiger partial charge in [0.15, 0.2) is 12.4 Å². The highest BCUT2D eigenvalue weighted by molar-refractivity contribution is 7.85. The normalized spacial score (nSPS) is 46.5. The Morgan fingerprint density at radius 2 is 1.66 bits per heavy atom. The van der Waals surface area contributed by atoms with Gasteiger partial charge in [-0.3, -0.25) is 4.55 Å². The van der Waals surface area contributed by atoms with Gasteiger partial charge in [0.1, 0.15) is 18.3 Å². The van der Waals surface area contributed by atoms with Crippen LogP contribution in [0.2, 0.25) is 0 Å². The molecule has 14 atom stereocenters. The molecule has 0 spiro atoms. The van der Waals surface area contributed by atoms with Gasteiger partial charge in [-0.25, -0.2) is 4.79 Å². The number of rotatable bonds is 11. The third-order valence-corrected chi connectivity index (χ3v) is 13.8. The molecule has 44 heavy (non-hydrogen) atoms. The second-order valence-electron chi connectivity index (χ2n) is 15.3. The fourth-order valence-electron chi connectivity index (χ4n) is 10.7. The molecule has 5 rings (SSSR count). The zero-order valence-corrected chi connectivity index (χ0v) is 27.3. The molecule has 0 bridgehead atoms. The fourth-order valence-corrected chi connectivity index (χ4v) is 11.2. The van der Waals surface area contributed by atoms with E-state index in [9.17, 15) is 33.6 Å². The highest BCUT2D eigenvalue weighted by atomic mass is 32.2. The Labute approximate surface area is 262 Å². The van der Waals surface area contributed by atoms with Crippen LogP contribution in [0.5, 0.6) is 0 Å². The van der Waals surface area contributed by atoms with Crippen molar-refractivity contribution in [3.63, 3.8) is 0 Å². The number of hydrogen-bond donors (Lipinski definition) is 6. The van der Waals surface area contributed by atoms with E-state index in [4.69, 9.17) is 14.0 Å². The van der Waals surface area contributed by atoms with E-state index in [2.05, 4.69) is 26.1 Å². The predicted molar refractivity (Wildman–Crippen MR) is 162 cm³/mol. The SMILES string of the molecule is C[C@H](CCCNCCS(=O)(=O)O)[C@H]1CC[C@H]2[C@@H]3CC[C@@H]4C[C@H](O[C@@H]5O[C@H](C(=O)O)[C@@H](O)[C@H](O)[C@H]5O)CC[C@]4(C)[C@H]3CC[C@]12C. The van der Waals surface area contributed by atoms with Crippen molar-refractivity contribution in [2.24, 2.45) is 46.3 Å². The summed E-state index contributed by atoms with van der Waals surface area (Å²) in [7, 11) is -3.92. The average Bonchev–Trinajstić information content (AvgIpc) is 3.31. The molecule has 254 valence electrons. The Hall–Kier alpha value is -0.860. The minimum absolute atomic E-state index is 0.200. The van der Waals surface area contributed by atoms with Gasteiger partial charge in [0, 0.05) is 6.54 Å². The molecule has 0 aromatic carbocycles. The van der Waals surface area contributed by atoms with Crippen molar-refractivity contribution in [3.8, 4) is 0 Å². The average molecular weight is 646 g/mol. The molecule has 0 aromatic heterocycles. The van der Waals surface area contributed by atoms with Gasteiger partial charge in [0.2, 0.25) is 0 Å². The summed E-state index contributed by atoms with van der Waals surface area (Å²) in [5.74, 6) is 2.28. The van der Waals surface area contributed by atoms with Crippen LogP contribution in [-0.4, -0.2) is 95.0 Å². The van der Waals surface area contributed by atoms with Crippen LogP contribution in [0.4, 0.5) is 0 Å². The quantitative estimate of drug-likeness (QED) is 0.110. The zero-order chi connectivity index (χ0) is 32.0. The van der Waals surface area contributed by atoms with Gasteiger partial charge in [0.05, 0.1) is 11.9 Å². The fraction of sp³-hybridized carbons (Fsp3) is 0.969. The van der Waals surface area contributed by atoms with E-state index in [-0.39, 0.29) is 23.8 Å². The summed E-state index contributed by atoms with van der Waals surface area (Å²) >= 11 is 0. The van der Waals surface area contributed by atoms with Gasteiger partial charge in [-0.15, -0.1) is 0 Å². The number of carboxylic acid groups (broad SMARTS) is 1. The molecular weight excluding hydrogens is 590 g/mol. The number of ether oxygens (including phenoxy) is 2. The van der Waals surface area contributed by atoms with Gasteiger partial charge < -0.3 is 35.2 Å². The molecular formula is C32H55NO10S. The summed E-state index contributed by atoms with van der Waals surface area (Å²) in [4.78, 5) is 11.5. The van der Waals surface area contributed by atoms with Crippen LogP contribution in [0.15, 0.2) is 0 Å². The number of carbonyl (C=O) groups is 1. The maximum Gasteiger partial charge on any atom is 0.335 e. The van der Waals surface area contributed by atoms with Crippen LogP contribution in [0.3, 0.4) is 0 Å². The summed E-state index contributed by atoms with van der Waals surface area (Å²) in [5, 5.41) is 43.3. The largest absolute Gasteiger partial charge is 0.479 e. The minimum Gasteiger partial charge on any atom is -0.479 e. The lowest BCUT2D eigenvalue weighted by molar-refractivity contribution is -0.309. The summed E-state index contributed by atoms with van der Waals surface area (Å²) in [6, 6.07) is 0. The third-order valence-electron chi connectivity index (χ3n) is 13.1. The van der Waals surface area contributed by atoms with E-state index in [1.807, 2.05) is 0 Å². The zero-order valence-electron chi connectivity index (χ0n) is 26.5. The van der Waals surface area contributed by atoms with Crippen molar-refractivity contribution in [2.75, 3.05) is 18.8 Å². The van der Waals surface area contributed by atoms with E-state index in [0.717, 1.165) is 56.9 Å². The van der Waals surface area contributed by atoms with E-state index in [1.165, 1.54) is 32.1 Å². The first kappa shape index (κ1) is 34.5. The molecule has 4 saturated carbocycles. The first-order valence-corrected chi connectivity index (χ1v) is 18.5. The molecule has 0 radical (unpaired) electrons. The minimum atomic E-state index is -3.92. The molecule has 0 aromatic rings. The lowest BCUT2D eigenvalue weighted by Crippen LogP contribution is -2.61. The van der Waals surface area contributed by atoms with Gasteiger partial charge >= 0.3 is 5.97 Å². The predicted octanol–water partition coefficient (Wildman–Crippen LogP) is 2.82. The molecule has 6 N–H and O–H groups in total. The topological polar surface area (TPSA) is 183 Å². The van der Waals surface area contributed by atoms with Crippen LogP contribution >= 0.6 is 0 Å². The lowest BCUT2D eigenvalue weighted by atomic mass is 9.44. The Bertz CT molecular complexity index is 1120. The molecule has 1 saturated heterocycles. The molecule has 5 aliphatic rings. The number of fused-ring (bicyclic) bond motifs is 5. The number of aliphatic carboxylic acids is 1. The maximum atomic E-state index is 11.5. The van der Waals surface area contributed by atoms with Gasteiger partial charge in [-0.05, 0) is 124 Å². The first-order chi connectivity index (χ1) is 20.7. The van der Waals surface area contributed by atoms with Crippen molar-refractivity contribution in [1.82, 2.24) is 5.32 Å². The van der Waals surface area contributed by atoms with E-state index < -0.39 is 46.8 Å². The number of carboxylic acids is 1. The Morgan fingerprint density at radius 1 is 0.955 bits per heavy atom. The Balaban J connectivity index is 1.15. The lowest BCUT2D eigenvalue weighted by Gasteiger charge is -2.61. The highest BCUT2D eigenvalue weighted by Gasteiger charge is 2.61. The molecule has 0 amide bonds. The van der Waals surface area contributed by atoms with Crippen molar-refractivity contribution in [1.29, 1.82) is 0 Å². The molecule has 5 fully saturated rings. The van der Waals surface area contributed by atoms with Crippen molar-refractivity contribution in [2.45, 2.75) is 128 Å². The third kappa shape index (κ3) is 6.74. The highest BCUT2D eigenvalue weighted by Crippen LogP contribution is 2.68. The van der Waals surface area contributed by atoms with Gasteiger partial charge in [-0.2, -0.15) is 8.42 Å². The van der Waals surface area contributed by atoms with Crippen molar-refractivity contribution in [3.05, 3.63) is 0 Å².